The average Bonchev–Trinajstić information content (AvgIpc) is 2.37. The molecule has 0 saturated carbocycles. The van der Waals surface area contributed by atoms with Crippen LogP contribution in [0.2, 0.25) is 0 Å². The predicted molar refractivity (Wildman–Crippen MR) is 67.7 cm³/mol. The number of benzene rings is 1. The van der Waals surface area contributed by atoms with E-state index in [0.717, 1.165) is 11.3 Å². The molecule has 1 fully saturated rings. The van der Waals surface area contributed by atoms with Gasteiger partial charge in [-0.05, 0) is 13.1 Å². The van der Waals surface area contributed by atoms with Gasteiger partial charge in [0.25, 0.3) is 0 Å². The molecule has 0 aromatic heterocycles. The molecule has 1 aromatic rings. The van der Waals surface area contributed by atoms with Crippen LogP contribution in [-0.4, -0.2) is 41.6 Å². The lowest BCUT2D eigenvalue weighted by Crippen LogP contribution is -2.56. The summed E-state index contributed by atoms with van der Waals surface area (Å²) in [6.45, 7) is 1.24. The first-order chi connectivity index (χ1) is 8.70. The second kappa shape index (κ2) is 5.04. The quantitative estimate of drug-likeness (QED) is 0.853. The van der Waals surface area contributed by atoms with Gasteiger partial charge in [-0.25, -0.2) is 0 Å². The molecule has 100 valence electrons. The Morgan fingerprint density at radius 3 is 1.94 bits per heavy atom. The van der Waals surface area contributed by atoms with Crippen molar-refractivity contribution in [3.05, 3.63) is 17.7 Å². The second-order valence-corrected chi connectivity index (χ2v) is 4.23. The Kier molecular flexibility index (Phi) is 3.63. The fourth-order valence-corrected chi connectivity index (χ4v) is 2.14. The monoisotopic (exact) mass is 253 g/mol. The Labute approximate surface area is 107 Å². The summed E-state index contributed by atoms with van der Waals surface area (Å²) in [5.41, 5.74) is 0.821. The Morgan fingerprint density at radius 1 is 1.00 bits per heavy atom. The van der Waals surface area contributed by atoms with Crippen molar-refractivity contribution in [2.75, 3.05) is 41.6 Å². The normalized spacial score (nSPS) is 16.9. The van der Waals surface area contributed by atoms with Crippen LogP contribution in [0, 0.1) is 0 Å². The molecule has 5 nitrogen and oxygen atoms in total. The summed E-state index contributed by atoms with van der Waals surface area (Å²) in [6.07, 6.45) is 0. The fraction of sp³-hybridized carbons (Fsp3) is 0.538. The highest BCUT2D eigenvalue weighted by Gasteiger charge is 2.41. The van der Waals surface area contributed by atoms with Crippen molar-refractivity contribution in [2.45, 2.75) is 5.54 Å². The van der Waals surface area contributed by atoms with Crippen molar-refractivity contribution in [3.63, 3.8) is 0 Å². The molecule has 0 aliphatic carbocycles. The van der Waals surface area contributed by atoms with Crippen LogP contribution in [0.1, 0.15) is 5.56 Å². The van der Waals surface area contributed by atoms with Crippen LogP contribution < -0.4 is 19.5 Å². The van der Waals surface area contributed by atoms with Crippen molar-refractivity contribution in [1.82, 2.24) is 5.32 Å². The number of rotatable bonds is 5. The first-order valence-corrected chi connectivity index (χ1v) is 5.78. The zero-order valence-electron chi connectivity index (χ0n) is 11.2. The van der Waals surface area contributed by atoms with Gasteiger partial charge in [0.05, 0.1) is 40.1 Å². The van der Waals surface area contributed by atoms with Crippen LogP contribution in [0.25, 0.3) is 0 Å². The van der Waals surface area contributed by atoms with Gasteiger partial charge in [0.1, 0.15) is 5.75 Å². The van der Waals surface area contributed by atoms with E-state index in [-0.39, 0.29) is 5.54 Å². The van der Waals surface area contributed by atoms with Gasteiger partial charge < -0.3 is 24.3 Å². The number of hydrogen-bond acceptors (Lipinski definition) is 5. The standard InChI is InChI=1S/C13H19NO4/c1-14-13(7-18-8-13)9-5-11(16-3)12(17-4)6-10(9)15-2/h5-6,14H,7-8H2,1-4H3. The maximum Gasteiger partial charge on any atom is 0.164 e. The van der Waals surface area contributed by atoms with Gasteiger partial charge in [-0.15, -0.1) is 0 Å². The van der Waals surface area contributed by atoms with E-state index in [2.05, 4.69) is 5.32 Å². The van der Waals surface area contributed by atoms with Crippen LogP contribution in [0.4, 0.5) is 0 Å². The molecule has 0 unspecified atom stereocenters. The molecule has 2 rings (SSSR count). The van der Waals surface area contributed by atoms with Gasteiger partial charge in [-0.1, -0.05) is 0 Å². The van der Waals surface area contributed by atoms with E-state index < -0.39 is 0 Å². The highest BCUT2D eigenvalue weighted by Crippen LogP contribution is 2.42. The molecular formula is C13H19NO4. The van der Waals surface area contributed by atoms with E-state index in [4.69, 9.17) is 18.9 Å². The molecule has 1 aliphatic rings. The summed E-state index contributed by atoms with van der Waals surface area (Å²) in [4.78, 5) is 0. The van der Waals surface area contributed by atoms with E-state index in [1.807, 2.05) is 19.2 Å². The molecule has 1 N–H and O–H groups in total. The minimum Gasteiger partial charge on any atom is -0.496 e. The number of hydrogen-bond donors (Lipinski definition) is 1. The molecule has 0 bridgehead atoms. The topological polar surface area (TPSA) is 49.0 Å². The Balaban J connectivity index is 2.51. The number of nitrogens with one attached hydrogen (secondary N) is 1. The van der Waals surface area contributed by atoms with Crippen LogP contribution in [0.5, 0.6) is 17.2 Å². The zero-order chi connectivity index (χ0) is 13.2. The molecule has 18 heavy (non-hydrogen) atoms. The number of ether oxygens (including phenoxy) is 4. The highest BCUT2D eigenvalue weighted by molar-refractivity contribution is 5.53. The molecule has 1 aromatic carbocycles. The van der Waals surface area contributed by atoms with Crippen molar-refractivity contribution in [1.29, 1.82) is 0 Å². The van der Waals surface area contributed by atoms with E-state index in [0.29, 0.717) is 24.7 Å². The van der Waals surface area contributed by atoms with Gasteiger partial charge in [0, 0.05) is 11.6 Å². The summed E-state index contributed by atoms with van der Waals surface area (Å²) in [6, 6.07) is 3.78. The van der Waals surface area contributed by atoms with Gasteiger partial charge in [-0.2, -0.15) is 0 Å². The van der Waals surface area contributed by atoms with Crippen LogP contribution >= 0.6 is 0 Å². The molecule has 1 heterocycles. The Bertz CT molecular complexity index is 424. The van der Waals surface area contributed by atoms with Crippen molar-refractivity contribution >= 4 is 0 Å². The van der Waals surface area contributed by atoms with Crippen LogP contribution in [0.15, 0.2) is 12.1 Å². The summed E-state index contributed by atoms with van der Waals surface area (Å²) in [5, 5.41) is 3.29. The lowest BCUT2D eigenvalue weighted by atomic mass is 9.87. The smallest absolute Gasteiger partial charge is 0.164 e. The van der Waals surface area contributed by atoms with Crippen LogP contribution in [-0.2, 0) is 10.3 Å². The third-order valence-electron chi connectivity index (χ3n) is 3.40. The molecule has 5 heteroatoms. The predicted octanol–water partition coefficient (Wildman–Crippen LogP) is 1.16. The minimum absolute atomic E-state index is 0.203. The molecule has 1 aliphatic heterocycles. The average molecular weight is 253 g/mol. The van der Waals surface area contributed by atoms with Gasteiger partial charge in [0.15, 0.2) is 11.5 Å². The molecule has 0 spiro atoms. The molecule has 0 amide bonds. The van der Waals surface area contributed by atoms with E-state index in [1.165, 1.54) is 0 Å². The van der Waals surface area contributed by atoms with Gasteiger partial charge >= 0.3 is 0 Å². The summed E-state index contributed by atoms with van der Waals surface area (Å²) < 4.78 is 21.4. The van der Waals surface area contributed by atoms with Gasteiger partial charge in [0.2, 0.25) is 0 Å². The fourth-order valence-electron chi connectivity index (χ4n) is 2.14. The molecule has 0 atom stereocenters. The summed E-state index contributed by atoms with van der Waals surface area (Å²) in [7, 11) is 6.79. The Morgan fingerprint density at radius 2 is 1.56 bits per heavy atom. The molecule has 1 saturated heterocycles. The lowest BCUT2D eigenvalue weighted by Gasteiger charge is -2.42. The number of methoxy groups -OCH3 is 3. The van der Waals surface area contributed by atoms with Crippen molar-refractivity contribution < 1.29 is 18.9 Å². The SMILES string of the molecule is CNC1(c2cc(OC)c(OC)cc2OC)COC1. The third-order valence-corrected chi connectivity index (χ3v) is 3.40. The Hall–Kier alpha value is -1.46. The maximum atomic E-state index is 5.44. The summed E-state index contributed by atoms with van der Waals surface area (Å²) >= 11 is 0. The lowest BCUT2D eigenvalue weighted by molar-refractivity contribution is -0.0757. The van der Waals surface area contributed by atoms with Gasteiger partial charge in [-0.3, -0.25) is 0 Å². The van der Waals surface area contributed by atoms with E-state index in [1.54, 1.807) is 21.3 Å². The highest BCUT2D eigenvalue weighted by atomic mass is 16.5. The first-order valence-electron chi connectivity index (χ1n) is 5.78. The minimum atomic E-state index is -0.203. The van der Waals surface area contributed by atoms with E-state index in [9.17, 15) is 0 Å². The first kappa shape index (κ1) is 13.0. The molecule has 0 radical (unpaired) electrons. The molecular weight excluding hydrogens is 234 g/mol. The van der Waals surface area contributed by atoms with Crippen LogP contribution in [0.3, 0.4) is 0 Å². The van der Waals surface area contributed by atoms with Crippen molar-refractivity contribution in [3.8, 4) is 17.2 Å². The van der Waals surface area contributed by atoms with E-state index >= 15 is 0 Å². The third kappa shape index (κ3) is 1.89. The maximum absolute atomic E-state index is 5.44. The number of likely N-dealkylation sites (N-methyl/N-ethyl adjacent to an activating group) is 1. The largest absolute Gasteiger partial charge is 0.496 e. The zero-order valence-corrected chi connectivity index (χ0v) is 11.2. The second-order valence-electron chi connectivity index (χ2n) is 4.23. The van der Waals surface area contributed by atoms with Crippen molar-refractivity contribution in [2.24, 2.45) is 0 Å². The summed E-state index contributed by atoms with van der Waals surface area (Å²) in [5.74, 6) is 2.12.